The summed E-state index contributed by atoms with van der Waals surface area (Å²) in [4.78, 5) is 0. The van der Waals surface area contributed by atoms with Crippen LogP contribution in [0, 0.1) is 0 Å². The van der Waals surface area contributed by atoms with Crippen LogP contribution < -0.4 is 0 Å². The third-order valence-corrected chi connectivity index (χ3v) is 12.2. The molecule has 0 atom stereocenters. The molecule has 0 aliphatic heterocycles. The number of rotatable bonds is 4. The maximum absolute atomic E-state index is 2.44. The molecule has 0 saturated carbocycles. The molecule has 0 saturated heterocycles. The molecule has 1 heteroatoms. The summed E-state index contributed by atoms with van der Waals surface area (Å²) in [7, 11) is 0. The summed E-state index contributed by atoms with van der Waals surface area (Å²) in [5.74, 6) is 0. The molecular weight excluding hydrogens is 657 g/mol. The van der Waals surface area contributed by atoms with E-state index in [0.29, 0.717) is 0 Å². The van der Waals surface area contributed by atoms with Crippen molar-refractivity contribution < 1.29 is 0 Å². The fraction of sp³-hybridized carbons (Fsp3) is 0. The molecule has 0 nitrogen and oxygen atoms in total. The van der Waals surface area contributed by atoms with Gasteiger partial charge in [0.15, 0.2) is 0 Å². The van der Waals surface area contributed by atoms with E-state index < -0.39 is 0 Å². The average Bonchev–Trinajstić information content (AvgIpc) is 3.61. The van der Waals surface area contributed by atoms with Crippen molar-refractivity contribution in [3.05, 3.63) is 194 Å². The Morgan fingerprint density at radius 1 is 0.264 bits per heavy atom. The van der Waals surface area contributed by atoms with Crippen molar-refractivity contribution in [1.29, 1.82) is 0 Å². The van der Waals surface area contributed by atoms with Gasteiger partial charge in [0.25, 0.3) is 0 Å². The van der Waals surface area contributed by atoms with Crippen molar-refractivity contribution >= 4 is 74.6 Å². The fourth-order valence-corrected chi connectivity index (χ4v) is 9.72. The number of hydrogen-bond donors (Lipinski definition) is 0. The topological polar surface area (TPSA) is 0 Å². The van der Waals surface area contributed by atoms with Gasteiger partial charge in [0, 0.05) is 20.2 Å². The minimum Gasteiger partial charge on any atom is -0.135 e. The molecule has 0 N–H and O–H groups in total. The molecule has 0 fully saturated rings. The largest absolute Gasteiger partial charge is 0.135 e. The van der Waals surface area contributed by atoms with Crippen LogP contribution in [0.1, 0.15) is 0 Å². The van der Waals surface area contributed by atoms with Crippen molar-refractivity contribution in [2.45, 2.75) is 0 Å². The van der Waals surface area contributed by atoms with Gasteiger partial charge in [-0.1, -0.05) is 170 Å². The molecule has 1 heterocycles. The lowest BCUT2D eigenvalue weighted by Gasteiger charge is -2.18. The molecule has 0 amide bonds. The minimum absolute atomic E-state index is 1.21. The van der Waals surface area contributed by atoms with Crippen molar-refractivity contribution in [1.82, 2.24) is 0 Å². The zero-order valence-electron chi connectivity index (χ0n) is 28.9. The monoisotopic (exact) mass is 688 g/mol. The first kappa shape index (κ1) is 30.1. The summed E-state index contributed by atoms with van der Waals surface area (Å²) < 4.78 is 2.66. The highest BCUT2D eigenvalue weighted by atomic mass is 32.1. The molecule has 0 spiro atoms. The van der Waals surface area contributed by atoms with E-state index in [9.17, 15) is 0 Å². The Morgan fingerprint density at radius 3 is 1.43 bits per heavy atom. The summed E-state index contributed by atoms with van der Waals surface area (Å²) in [6, 6.07) is 71.7. The molecule has 0 radical (unpaired) electrons. The number of thiophene rings is 1. The van der Waals surface area contributed by atoms with Gasteiger partial charge in [-0.15, -0.1) is 11.3 Å². The van der Waals surface area contributed by atoms with Gasteiger partial charge >= 0.3 is 0 Å². The van der Waals surface area contributed by atoms with E-state index >= 15 is 0 Å². The third kappa shape index (κ3) is 4.82. The van der Waals surface area contributed by atoms with E-state index in [1.807, 2.05) is 11.3 Å². The summed E-state index contributed by atoms with van der Waals surface area (Å²) >= 11 is 1.89. The lowest BCUT2D eigenvalue weighted by atomic mass is 9.85. The number of benzene rings is 10. The highest BCUT2D eigenvalue weighted by Crippen LogP contribution is 2.46. The molecule has 0 aliphatic carbocycles. The van der Waals surface area contributed by atoms with E-state index in [4.69, 9.17) is 0 Å². The van der Waals surface area contributed by atoms with E-state index in [1.54, 1.807) is 0 Å². The first-order valence-electron chi connectivity index (χ1n) is 18.3. The summed E-state index contributed by atoms with van der Waals surface area (Å²) in [6.45, 7) is 0. The molecule has 11 aromatic rings. The second-order valence-electron chi connectivity index (χ2n) is 14.0. The minimum atomic E-state index is 1.21. The standard InChI is InChI=1S/C52H32S/c1-2-13-37-31-38(26-21-33(37)11-1)41-15-6-5-14-40(41)35-22-24-36(25-23-35)50-43-17-7-9-19-45(43)51(46-20-10-8-18-44(46)50)39-28-29-48-47(32-39)52-42-16-4-3-12-34(42)27-30-49(52)53-48/h1-32H. The fourth-order valence-electron chi connectivity index (χ4n) is 8.61. The smallest absolute Gasteiger partial charge is 0.0361 e. The first-order valence-corrected chi connectivity index (χ1v) is 19.1. The molecule has 246 valence electrons. The Balaban J connectivity index is 1.08. The Hall–Kier alpha value is -6.54. The SMILES string of the molecule is c1ccc(-c2ccc3ccccc3c2)c(-c2ccc(-c3c4ccccc4c(-c4ccc5sc6ccc7ccccc7c6c5c4)c4ccccc34)cc2)c1. The second kappa shape index (κ2) is 12.0. The normalized spacial score (nSPS) is 11.8. The summed E-state index contributed by atoms with van der Waals surface area (Å²) in [6.07, 6.45) is 0. The van der Waals surface area contributed by atoms with Crippen molar-refractivity contribution in [2.75, 3.05) is 0 Å². The van der Waals surface area contributed by atoms with Gasteiger partial charge in [-0.05, 0) is 112 Å². The van der Waals surface area contributed by atoms with Crippen molar-refractivity contribution in [3.63, 3.8) is 0 Å². The summed E-state index contributed by atoms with van der Waals surface area (Å²) in [5, 5.41) is 12.9. The number of fused-ring (bicyclic) bond motifs is 8. The zero-order chi connectivity index (χ0) is 34.9. The van der Waals surface area contributed by atoms with Gasteiger partial charge in [0.05, 0.1) is 0 Å². The molecule has 53 heavy (non-hydrogen) atoms. The Bertz CT molecular complexity index is 3160. The van der Waals surface area contributed by atoms with Crippen LogP contribution in [0.3, 0.4) is 0 Å². The van der Waals surface area contributed by atoms with Gasteiger partial charge in [-0.3, -0.25) is 0 Å². The predicted molar refractivity (Wildman–Crippen MR) is 231 cm³/mol. The molecule has 11 rings (SSSR count). The molecule has 10 aromatic carbocycles. The molecular formula is C52H32S. The van der Waals surface area contributed by atoms with Crippen LogP contribution >= 0.6 is 11.3 Å². The zero-order valence-corrected chi connectivity index (χ0v) is 29.7. The van der Waals surface area contributed by atoms with E-state index in [2.05, 4.69) is 194 Å². The quantitative estimate of drug-likeness (QED) is 0.162. The van der Waals surface area contributed by atoms with Gasteiger partial charge in [0.2, 0.25) is 0 Å². The van der Waals surface area contributed by atoms with E-state index in [-0.39, 0.29) is 0 Å². The Kier molecular flexibility index (Phi) is 6.83. The molecule has 0 aliphatic rings. The van der Waals surface area contributed by atoms with Crippen LogP contribution in [-0.2, 0) is 0 Å². The Morgan fingerprint density at radius 2 is 0.736 bits per heavy atom. The van der Waals surface area contributed by atoms with Crippen molar-refractivity contribution in [2.24, 2.45) is 0 Å². The van der Waals surface area contributed by atoms with E-state index in [1.165, 1.54) is 108 Å². The molecule has 0 unspecified atom stereocenters. The second-order valence-corrected chi connectivity index (χ2v) is 15.1. The van der Waals surface area contributed by atoms with Gasteiger partial charge in [0.1, 0.15) is 0 Å². The highest BCUT2D eigenvalue weighted by molar-refractivity contribution is 7.26. The van der Waals surface area contributed by atoms with Gasteiger partial charge in [-0.25, -0.2) is 0 Å². The summed E-state index contributed by atoms with van der Waals surface area (Å²) in [5.41, 5.74) is 9.98. The maximum atomic E-state index is 2.44. The average molecular weight is 689 g/mol. The van der Waals surface area contributed by atoms with Crippen LogP contribution in [0.25, 0.3) is 108 Å². The van der Waals surface area contributed by atoms with E-state index in [0.717, 1.165) is 0 Å². The Labute approximate surface area is 311 Å². The first-order chi connectivity index (χ1) is 26.3. The van der Waals surface area contributed by atoms with Crippen LogP contribution in [-0.4, -0.2) is 0 Å². The molecule has 1 aromatic heterocycles. The van der Waals surface area contributed by atoms with Crippen LogP contribution in [0.2, 0.25) is 0 Å². The lowest BCUT2D eigenvalue weighted by molar-refractivity contribution is 1.59. The number of hydrogen-bond acceptors (Lipinski definition) is 1. The predicted octanol–water partition coefficient (Wildman–Crippen LogP) is 15.3. The lowest BCUT2D eigenvalue weighted by Crippen LogP contribution is -1.91. The third-order valence-electron chi connectivity index (χ3n) is 11.1. The highest BCUT2D eigenvalue weighted by Gasteiger charge is 2.18. The maximum Gasteiger partial charge on any atom is 0.0361 e. The van der Waals surface area contributed by atoms with Gasteiger partial charge < -0.3 is 0 Å². The van der Waals surface area contributed by atoms with Crippen LogP contribution in [0.4, 0.5) is 0 Å². The van der Waals surface area contributed by atoms with Gasteiger partial charge in [-0.2, -0.15) is 0 Å². The van der Waals surface area contributed by atoms with Crippen LogP contribution in [0.15, 0.2) is 194 Å². The molecule has 0 bridgehead atoms. The van der Waals surface area contributed by atoms with Crippen LogP contribution in [0.5, 0.6) is 0 Å². The van der Waals surface area contributed by atoms with Crippen molar-refractivity contribution in [3.8, 4) is 44.5 Å².